The lowest BCUT2D eigenvalue weighted by Crippen LogP contribution is -2.54. The monoisotopic (exact) mass is 371 g/mol. The first-order valence-electron chi connectivity index (χ1n) is 9.55. The van der Waals surface area contributed by atoms with E-state index in [0.29, 0.717) is 32.6 Å². The lowest BCUT2D eigenvalue weighted by atomic mass is 9.72. The van der Waals surface area contributed by atoms with Gasteiger partial charge in [0.05, 0.1) is 0 Å². The lowest BCUT2D eigenvalue weighted by molar-refractivity contribution is -0.143. The molecule has 8 heteroatoms. The predicted molar refractivity (Wildman–Crippen MR) is 97.5 cm³/mol. The van der Waals surface area contributed by atoms with Crippen LogP contribution >= 0.6 is 0 Å². The summed E-state index contributed by atoms with van der Waals surface area (Å²) in [6.07, 6.45) is 6.75. The van der Waals surface area contributed by atoms with E-state index in [1.54, 1.807) is 12.4 Å². The maximum atomic E-state index is 12.6. The first-order chi connectivity index (χ1) is 13.0. The number of likely N-dealkylation sites (tertiary alicyclic amines) is 2. The Kier molecular flexibility index (Phi) is 4.72. The molecular formula is C19H25N5O3. The Labute approximate surface area is 158 Å². The fourth-order valence-corrected chi connectivity index (χ4v) is 4.39. The van der Waals surface area contributed by atoms with Gasteiger partial charge in [-0.25, -0.2) is 4.79 Å². The van der Waals surface area contributed by atoms with Crippen molar-refractivity contribution in [3.05, 3.63) is 30.1 Å². The normalized spacial score (nSPS) is 24.7. The van der Waals surface area contributed by atoms with Crippen molar-refractivity contribution in [2.24, 2.45) is 5.41 Å². The van der Waals surface area contributed by atoms with Crippen LogP contribution in [0.3, 0.4) is 0 Å². The number of hydrogen-bond acceptors (Lipinski definition) is 4. The van der Waals surface area contributed by atoms with E-state index in [9.17, 15) is 14.4 Å². The summed E-state index contributed by atoms with van der Waals surface area (Å²) in [6.45, 7) is 3.09. The average molecular weight is 371 g/mol. The Hall–Kier alpha value is -2.64. The molecule has 4 heterocycles. The Morgan fingerprint density at radius 3 is 2.59 bits per heavy atom. The average Bonchev–Trinajstić information content (AvgIpc) is 3.12. The van der Waals surface area contributed by atoms with E-state index in [0.717, 1.165) is 31.4 Å². The van der Waals surface area contributed by atoms with Crippen molar-refractivity contribution in [3.63, 3.8) is 0 Å². The number of pyridine rings is 1. The number of carbonyl (C=O) groups is 3. The number of urea groups is 1. The first kappa shape index (κ1) is 17.8. The van der Waals surface area contributed by atoms with Crippen LogP contribution in [0.2, 0.25) is 0 Å². The fourth-order valence-electron chi connectivity index (χ4n) is 4.39. The second-order valence-electron chi connectivity index (χ2n) is 7.84. The van der Waals surface area contributed by atoms with E-state index in [2.05, 4.69) is 15.6 Å². The van der Waals surface area contributed by atoms with E-state index in [1.807, 2.05) is 21.9 Å². The van der Waals surface area contributed by atoms with Gasteiger partial charge in [0.25, 0.3) is 0 Å². The van der Waals surface area contributed by atoms with E-state index in [4.69, 9.17) is 0 Å². The van der Waals surface area contributed by atoms with Crippen LogP contribution in [-0.4, -0.2) is 64.9 Å². The van der Waals surface area contributed by atoms with E-state index in [-0.39, 0.29) is 23.3 Å². The third-order valence-corrected chi connectivity index (χ3v) is 6.08. The number of carbonyl (C=O) groups excluding carboxylic acids is 3. The molecule has 0 aromatic carbocycles. The van der Waals surface area contributed by atoms with Gasteiger partial charge in [0.2, 0.25) is 11.8 Å². The molecule has 0 saturated carbocycles. The summed E-state index contributed by atoms with van der Waals surface area (Å²) in [7, 11) is 0. The van der Waals surface area contributed by atoms with Crippen molar-refractivity contribution in [1.82, 2.24) is 25.4 Å². The minimum Gasteiger partial charge on any atom is -0.341 e. The van der Waals surface area contributed by atoms with Crippen molar-refractivity contribution >= 4 is 17.8 Å². The molecule has 1 aromatic rings. The smallest absolute Gasteiger partial charge is 0.315 e. The van der Waals surface area contributed by atoms with Gasteiger partial charge >= 0.3 is 6.03 Å². The predicted octanol–water partition coefficient (Wildman–Crippen LogP) is 0.494. The third kappa shape index (κ3) is 3.74. The number of hydrogen-bond donors (Lipinski definition) is 2. The van der Waals surface area contributed by atoms with Crippen molar-refractivity contribution in [2.75, 3.05) is 26.2 Å². The van der Waals surface area contributed by atoms with Crippen LogP contribution in [0.5, 0.6) is 0 Å². The molecule has 0 aliphatic carbocycles. The summed E-state index contributed by atoms with van der Waals surface area (Å²) >= 11 is 0. The fraction of sp³-hybridized carbons (Fsp3) is 0.579. The summed E-state index contributed by atoms with van der Waals surface area (Å²) < 4.78 is 0. The van der Waals surface area contributed by atoms with Gasteiger partial charge in [-0.1, -0.05) is 0 Å². The van der Waals surface area contributed by atoms with Gasteiger partial charge in [0.1, 0.15) is 6.04 Å². The highest BCUT2D eigenvalue weighted by Crippen LogP contribution is 2.40. The number of aromatic nitrogens is 1. The van der Waals surface area contributed by atoms with Gasteiger partial charge in [-0.05, 0) is 42.4 Å². The molecule has 1 unspecified atom stereocenters. The molecule has 1 spiro atoms. The standard InChI is InChI=1S/C19H25N5O3/c25-16-1-4-19(13-24(16)12-14-2-7-20-8-3-14)5-9-23(10-6-19)17(26)15-11-21-18(27)22-15/h2-3,7-8,15H,1,4-6,9-13H2,(H2,21,22,27). The van der Waals surface area contributed by atoms with Crippen molar-refractivity contribution in [1.29, 1.82) is 0 Å². The first-order valence-corrected chi connectivity index (χ1v) is 9.55. The second-order valence-corrected chi connectivity index (χ2v) is 7.84. The summed E-state index contributed by atoms with van der Waals surface area (Å²) in [5, 5.41) is 5.30. The quantitative estimate of drug-likeness (QED) is 0.809. The number of rotatable bonds is 3. The molecule has 0 radical (unpaired) electrons. The van der Waals surface area contributed by atoms with Gasteiger partial charge in [-0.2, -0.15) is 0 Å². The highest BCUT2D eigenvalue weighted by molar-refractivity contribution is 5.90. The zero-order valence-electron chi connectivity index (χ0n) is 15.3. The Bertz CT molecular complexity index is 730. The van der Waals surface area contributed by atoms with Crippen molar-refractivity contribution < 1.29 is 14.4 Å². The van der Waals surface area contributed by atoms with Gasteiger partial charge in [0, 0.05) is 51.5 Å². The topological polar surface area (TPSA) is 94.6 Å². The Morgan fingerprint density at radius 2 is 1.93 bits per heavy atom. The molecule has 0 bridgehead atoms. The SMILES string of the molecule is O=C1NCC(C(=O)N2CCC3(CCC(=O)N(Cc4ccncc4)C3)CC2)N1. The molecule has 3 saturated heterocycles. The molecular weight excluding hydrogens is 346 g/mol. The minimum absolute atomic E-state index is 0.0104. The molecule has 3 fully saturated rings. The number of nitrogens with one attached hydrogen (secondary N) is 2. The number of nitrogens with zero attached hydrogens (tertiary/aromatic N) is 3. The molecule has 4 rings (SSSR count). The van der Waals surface area contributed by atoms with Gasteiger partial charge < -0.3 is 20.4 Å². The Morgan fingerprint density at radius 1 is 1.19 bits per heavy atom. The highest BCUT2D eigenvalue weighted by Gasteiger charge is 2.42. The largest absolute Gasteiger partial charge is 0.341 e. The van der Waals surface area contributed by atoms with Crippen molar-refractivity contribution in [3.8, 4) is 0 Å². The lowest BCUT2D eigenvalue weighted by Gasteiger charge is -2.47. The number of amides is 4. The van der Waals surface area contributed by atoms with E-state index >= 15 is 0 Å². The summed E-state index contributed by atoms with van der Waals surface area (Å²) in [5.41, 5.74) is 1.18. The number of piperidine rings is 2. The van der Waals surface area contributed by atoms with Crippen molar-refractivity contribution in [2.45, 2.75) is 38.3 Å². The second kappa shape index (κ2) is 7.17. The van der Waals surface area contributed by atoms with Crippen LogP contribution in [0.15, 0.2) is 24.5 Å². The van der Waals surface area contributed by atoms with Gasteiger partial charge in [-0.3, -0.25) is 14.6 Å². The third-order valence-electron chi connectivity index (χ3n) is 6.08. The Balaban J connectivity index is 1.36. The minimum atomic E-state index is -0.456. The van der Waals surface area contributed by atoms with Crippen LogP contribution in [-0.2, 0) is 16.1 Å². The molecule has 1 aromatic heterocycles. The van der Waals surface area contributed by atoms with Crippen LogP contribution in [0, 0.1) is 5.41 Å². The molecule has 144 valence electrons. The van der Waals surface area contributed by atoms with Gasteiger partial charge in [-0.15, -0.1) is 0 Å². The zero-order chi connectivity index (χ0) is 18.9. The van der Waals surface area contributed by atoms with Crippen LogP contribution < -0.4 is 10.6 Å². The van der Waals surface area contributed by atoms with Crippen LogP contribution in [0.4, 0.5) is 4.79 Å². The van der Waals surface area contributed by atoms with E-state index in [1.165, 1.54) is 0 Å². The maximum Gasteiger partial charge on any atom is 0.315 e. The molecule has 8 nitrogen and oxygen atoms in total. The summed E-state index contributed by atoms with van der Waals surface area (Å²) in [6, 6.07) is 3.15. The van der Waals surface area contributed by atoms with Crippen LogP contribution in [0.1, 0.15) is 31.2 Å². The zero-order valence-corrected chi connectivity index (χ0v) is 15.3. The van der Waals surface area contributed by atoms with Gasteiger partial charge in [0.15, 0.2) is 0 Å². The molecule has 4 amide bonds. The molecule has 3 aliphatic rings. The molecule has 27 heavy (non-hydrogen) atoms. The molecule has 2 N–H and O–H groups in total. The maximum absolute atomic E-state index is 12.6. The molecule has 3 aliphatic heterocycles. The molecule has 1 atom stereocenters. The highest BCUT2D eigenvalue weighted by atomic mass is 16.2. The van der Waals surface area contributed by atoms with E-state index < -0.39 is 6.04 Å². The van der Waals surface area contributed by atoms with Crippen LogP contribution in [0.25, 0.3) is 0 Å². The summed E-state index contributed by atoms with van der Waals surface area (Å²) in [5.74, 6) is 0.194. The summed E-state index contributed by atoms with van der Waals surface area (Å²) in [4.78, 5) is 44.1.